The molecular formula is C14H21N3O3. The van der Waals surface area contributed by atoms with Crippen LogP contribution in [0.4, 0.5) is 0 Å². The summed E-state index contributed by atoms with van der Waals surface area (Å²) in [5.74, 6) is 0.278. The molecule has 0 unspecified atom stereocenters. The molecule has 0 bridgehead atoms. The fraction of sp³-hybridized carbons (Fsp3) is 0.429. The van der Waals surface area contributed by atoms with Gasteiger partial charge in [-0.3, -0.25) is 9.59 Å². The van der Waals surface area contributed by atoms with Crippen molar-refractivity contribution in [1.29, 1.82) is 0 Å². The number of nitrogens with two attached hydrogens (primary N) is 1. The molecule has 0 saturated heterocycles. The maximum absolute atomic E-state index is 11.3. The van der Waals surface area contributed by atoms with Crippen molar-refractivity contribution in [2.45, 2.75) is 13.3 Å². The standard InChI is InChI=1S/C14H21N3O3/c1-11-5-2-3-6-12(11)20-8-4-7-16-14(19)10-17-13(18)9-15/h2-3,5-6H,4,7-10,15H2,1H3,(H,16,19)(H,17,18). The van der Waals surface area contributed by atoms with E-state index in [1.165, 1.54) is 0 Å². The summed E-state index contributed by atoms with van der Waals surface area (Å²) in [6, 6.07) is 7.77. The number of para-hydroxylation sites is 1. The molecule has 2 amide bonds. The van der Waals surface area contributed by atoms with Crippen molar-refractivity contribution >= 4 is 11.8 Å². The molecule has 1 rings (SSSR count). The lowest BCUT2D eigenvalue weighted by Gasteiger charge is -2.09. The SMILES string of the molecule is Cc1ccccc1OCCCNC(=O)CNC(=O)CN. The molecule has 0 aromatic heterocycles. The van der Waals surface area contributed by atoms with Gasteiger partial charge in [-0.05, 0) is 25.0 Å². The van der Waals surface area contributed by atoms with Gasteiger partial charge in [0.05, 0.1) is 19.7 Å². The average Bonchev–Trinajstić information content (AvgIpc) is 2.46. The highest BCUT2D eigenvalue weighted by atomic mass is 16.5. The Labute approximate surface area is 118 Å². The van der Waals surface area contributed by atoms with E-state index in [4.69, 9.17) is 10.5 Å². The summed E-state index contributed by atoms with van der Waals surface area (Å²) in [6.45, 7) is 2.85. The van der Waals surface area contributed by atoms with Crippen LogP contribution in [0.15, 0.2) is 24.3 Å². The molecule has 0 fully saturated rings. The normalized spacial score (nSPS) is 9.90. The molecule has 0 atom stereocenters. The Morgan fingerprint density at radius 2 is 1.95 bits per heavy atom. The van der Waals surface area contributed by atoms with E-state index in [-0.39, 0.29) is 24.9 Å². The Hall–Kier alpha value is -2.08. The fourth-order valence-electron chi connectivity index (χ4n) is 1.51. The van der Waals surface area contributed by atoms with Crippen LogP contribution in [-0.4, -0.2) is 38.1 Å². The first-order valence-electron chi connectivity index (χ1n) is 6.55. The molecule has 110 valence electrons. The van der Waals surface area contributed by atoms with Crippen LogP contribution in [0.2, 0.25) is 0 Å². The van der Waals surface area contributed by atoms with Gasteiger partial charge in [0.15, 0.2) is 0 Å². The lowest BCUT2D eigenvalue weighted by atomic mass is 10.2. The predicted octanol–water partition coefficient (Wildman–Crippen LogP) is -0.0450. The van der Waals surface area contributed by atoms with Gasteiger partial charge < -0.3 is 21.1 Å². The van der Waals surface area contributed by atoms with Gasteiger partial charge in [-0.2, -0.15) is 0 Å². The highest BCUT2D eigenvalue weighted by molar-refractivity contribution is 5.85. The van der Waals surface area contributed by atoms with Gasteiger partial charge in [0.1, 0.15) is 5.75 Å². The van der Waals surface area contributed by atoms with Crippen LogP contribution in [0.25, 0.3) is 0 Å². The lowest BCUT2D eigenvalue weighted by Crippen LogP contribution is -2.39. The molecule has 0 spiro atoms. The molecule has 1 aromatic carbocycles. The molecule has 1 aromatic rings. The summed E-state index contributed by atoms with van der Waals surface area (Å²) in [6.07, 6.45) is 0.699. The highest BCUT2D eigenvalue weighted by Gasteiger charge is 2.03. The van der Waals surface area contributed by atoms with Crippen LogP contribution in [0.5, 0.6) is 5.75 Å². The Morgan fingerprint density at radius 1 is 1.20 bits per heavy atom. The number of ether oxygens (including phenoxy) is 1. The van der Waals surface area contributed by atoms with E-state index < -0.39 is 0 Å². The van der Waals surface area contributed by atoms with Crippen LogP contribution >= 0.6 is 0 Å². The van der Waals surface area contributed by atoms with Crippen LogP contribution in [0, 0.1) is 6.92 Å². The van der Waals surface area contributed by atoms with Gasteiger partial charge >= 0.3 is 0 Å². The molecule has 6 nitrogen and oxygen atoms in total. The molecule has 4 N–H and O–H groups in total. The molecule has 6 heteroatoms. The highest BCUT2D eigenvalue weighted by Crippen LogP contribution is 2.15. The number of benzene rings is 1. The van der Waals surface area contributed by atoms with Gasteiger partial charge in [-0.15, -0.1) is 0 Å². The zero-order valence-corrected chi connectivity index (χ0v) is 11.6. The number of aryl methyl sites for hydroxylation is 1. The number of carbonyl (C=O) groups excluding carboxylic acids is 2. The van der Waals surface area contributed by atoms with E-state index >= 15 is 0 Å². The largest absolute Gasteiger partial charge is 0.493 e. The summed E-state index contributed by atoms with van der Waals surface area (Å²) in [5, 5.41) is 5.09. The zero-order valence-electron chi connectivity index (χ0n) is 11.6. The first kappa shape index (κ1) is 16.0. The van der Waals surface area contributed by atoms with Crippen molar-refractivity contribution in [3.05, 3.63) is 29.8 Å². The third kappa shape index (κ3) is 6.19. The Balaban J connectivity index is 2.09. The van der Waals surface area contributed by atoms with Gasteiger partial charge in [0, 0.05) is 6.54 Å². The Bertz CT molecular complexity index is 449. The molecule has 0 radical (unpaired) electrons. The average molecular weight is 279 g/mol. The summed E-state index contributed by atoms with van der Waals surface area (Å²) in [4.78, 5) is 22.2. The van der Waals surface area contributed by atoms with E-state index in [0.29, 0.717) is 19.6 Å². The molecule has 0 saturated carbocycles. The second kappa shape index (κ2) is 8.92. The van der Waals surface area contributed by atoms with Crippen molar-refractivity contribution < 1.29 is 14.3 Å². The van der Waals surface area contributed by atoms with Crippen molar-refractivity contribution in [3.63, 3.8) is 0 Å². The van der Waals surface area contributed by atoms with Crippen molar-refractivity contribution in [2.75, 3.05) is 26.2 Å². The van der Waals surface area contributed by atoms with Crippen molar-refractivity contribution in [1.82, 2.24) is 10.6 Å². The quantitative estimate of drug-likeness (QED) is 0.582. The van der Waals surface area contributed by atoms with Gasteiger partial charge in [0.2, 0.25) is 11.8 Å². The summed E-state index contributed by atoms with van der Waals surface area (Å²) < 4.78 is 5.60. The number of nitrogens with one attached hydrogen (secondary N) is 2. The number of hydrogen-bond donors (Lipinski definition) is 3. The van der Waals surface area contributed by atoms with Gasteiger partial charge in [-0.1, -0.05) is 18.2 Å². The van der Waals surface area contributed by atoms with Crippen molar-refractivity contribution in [3.8, 4) is 5.75 Å². The van der Waals surface area contributed by atoms with Crippen molar-refractivity contribution in [2.24, 2.45) is 5.73 Å². The second-order valence-corrected chi connectivity index (χ2v) is 4.30. The lowest BCUT2D eigenvalue weighted by molar-refractivity contribution is -0.125. The van der Waals surface area contributed by atoms with E-state index in [0.717, 1.165) is 11.3 Å². The van der Waals surface area contributed by atoms with Gasteiger partial charge in [0.25, 0.3) is 0 Å². The number of carbonyl (C=O) groups is 2. The van der Waals surface area contributed by atoms with E-state index in [9.17, 15) is 9.59 Å². The third-order valence-corrected chi connectivity index (χ3v) is 2.63. The third-order valence-electron chi connectivity index (χ3n) is 2.63. The first-order chi connectivity index (χ1) is 9.63. The summed E-state index contributed by atoms with van der Waals surface area (Å²) in [7, 11) is 0. The molecule has 0 aliphatic heterocycles. The van der Waals surface area contributed by atoms with E-state index in [1.54, 1.807) is 0 Å². The minimum atomic E-state index is -0.344. The maximum Gasteiger partial charge on any atom is 0.239 e. The van der Waals surface area contributed by atoms with Crippen LogP contribution < -0.4 is 21.1 Å². The smallest absolute Gasteiger partial charge is 0.239 e. The van der Waals surface area contributed by atoms with Crippen LogP contribution in [0.1, 0.15) is 12.0 Å². The Kier molecular flexibility index (Phi) is 7.13. The van der Waals surface area contributed by atoms with Gasteiger partial charge in [-0.25, -0.2) is 0 Å². The number of amides is 2. The van der Waals surface area contributed by atoms with Crippen LogP contribution in [0.3, 0.4) is 0 Å². The van der Waals surface area contributed by atoms with E-state index in [1.807, 2.05) is 31.2 Å². The number of hydrogen-bond acceptors (Lipinski definition) is 4. The summed E-state index contributed by atoms with van der Waals surface area (Å²) in [5.41, 5.74) is 6.19. The maximum atomic E-state index is 11.3. The Morgan fingerprint density at radius 3 is 2.65 bits per heavy atom. The topological polar surface area (TPSA) is 93.5 Å². The molecular weight excluding hydrogens is 258 g/mol. The molecule has 0 aliphatic carbocycles. The van der Waals surface area contributed by atoms with Crippen LogP contribution in [-0.2, 0) is 9.59 Å². The second-order valence-electron chi connectivity index (χ2n) is 4.30. The molecule has 0 heterocycles. The monoisotopic (exact) mass is 279 g/mol. The fourth-order valence-corrected chi connectivity index (χ4v) is 1.51. The molecule has 0 aliphatic rings. The first-order valence-corrected chi connectivity index (χ1v) is 6.55. The molecule has 20 heavy (non-hydrogen) atoms. The number of rotatable bonds is 8. The minimum absolute atomic E-state index is 0.0469. The zero-order chi connectivity index (χ0) is 14.8. The minimum Gasteiger partial charge on any atom is -0.493 e. The predicted molar refractivity (Wildman–Crippen MR) is 76.4 cm³/mol. The van der Waals surface area contributed by atoms with E-state index in [2.05, 4.69) is 10.6 Å². The summed E-state index contributed by atoms with van der Waals surface area (Å²) >= 11 is 0.